The van der Waals surface area contributed by atoms with E-state index in [0.717, 1.165) is 17.5 Å². The summed E-state index contributed by atoms with van der Waals surface area (Å²) in [7, 11) is 0. The van der Waals surface area contributed by atoms with Crippen molar-refractivity contribution in [2.45, 2.75) is 31.7 Å². The number of anilines is 1. The lowest BCUT2D eigenvalue weighted by Crippen LogP contribution is -2.27. The molecule has 2 saturated carbocycles. The second-order valence-corrected chi connectivity index (χ2v) is 6.06. The molecule has 2 aliphatic carbocycles. The van der Waals surface area contributed by atoms with E-state index < -0.39 is 0 Å². The Kier molecular flexibility index (Phi) is 2.49. The van der Waals surface area contributed by atoms with Gasteiger partial charge in [-0.2, -0.15) is 0 Å². The highest BCUT2D eigenvalue weighted by Gasteiger charge is 2.39. The van der Waals surface area contributed by atoms with Gasteiger partial charge in [-0.3, -0.25) is 19.8 Å². The van der Waals surface area contributed by atoms with Crippen LogP contribution >= 0.6 is 0 Å². The van der Waals surface area contributed by atoms with Crippen molar-refractivity contribution in [2.75, 3.05) is 5.32 Å². The van der Waals surface area contributed by atoms with Crippen molar-refractivity contribution in [3.05, 3.63) is 38.9 Å². The number of aromatic amines is 2. The van der Waals surface area contributed by atoms with Gasteiger partial charge in [-0.05, 0) is 43.2 Å². The Bertz CT molecular complexity index is 777. The maximum atomic E-state index is 12.0. The highest BCUT2D eigenvalue weighted by atomic mass is 16.1. The molecule has 5 heteroatoms. The molecule has 104 valence electrons. The van der Waals surface area contributed by atoms with Gasteiger partial charge >= 0.3 is 0 Å². The number of aromatic nitrogens is 2. The van der Waals surface area contributed by atoms with Crippen molar-refractivity contribution in [3.63, 3.8) is 0 Å². The van der Waals surface area contributed by atoms with Crippen molar-refractivity contribution in [2.24, 2.45) is 11.8 Å². The molecule has 2 aromatic rings. The minimum atomic E-state index is -0.254. The van der Waals surface area contributed by atoms with E-state index in [-0.39, 0.29) is 11.1 Å². The van der Waals surface area contributed by atoms with Gasteiger partial charge in [0.1, 0.15) is 0 Å². The number of nitrogens with one attached hydrogen (secondary N) is 3. The Hall–Kier alpha value is -2.04. The lowest BCUT2D eigenvalue weighted by atomic mass is 9.95. The summed E-state index contributed by atoms with van der Waals surface area (Å²) in [5, 5.41) is 9.21. The molecule has 20 heavy (non-hydrogen) atoms. The summed E-state index contributed by atoms with van der Waals surface area (Å²) in [5.41, 5.74) is 0.287. The molecule has 3 atom stereocenters. The fourth-order valence-corrected chi connectivity index (χ4v) is 3.97. The largest absolute Gasteiger partial charge is 0.381 e. The minimum Gasteiger partial charge on any atom is -0.381 e. The average molecular weight is 271 g/mol. The van der Waals surface area contributed by atoms with Crippen LogP contribution in [0.2, 0.25) is 0 Å². The third-order valence-corrected chi connectivity index (χ3v) is 4.90. The normalized spacial score (nSPS) is 28.1. The second kappa shape index (κ2) is 4.23. The molecule has 2 bridgehead atoms. The molecule has 0 spiro atoms. The van der Waals surface area contributed by atoms with Gasteiger partial charge in [-0.15, -0.1) is 0 Å². The first kappa shape index (κ1) is 11.8. The van der Waals surface area contributed by atoms with Gasteiger partial charge in [0.25, 0.3) is 11.1 Å². The molecular weight excluding hydrogens is 254 g/mol. The van der Waals surface area contributed by atoms with Crippen LogP contribution in [-0.2, 0) is 0 Å². The van der Waals surface area contributed by atoms with Crippen molar-refractivity contribution < 1.29 is 0 Å². The Morgan fingerprint density at radius 2 is 1.90 bits per heavy atom. The van der Waals surface area contributed by atoms with Gasteiger partial charge in [-0.1, -0.05) is 12.5 Å². The quantitative estimate of drug-likeness (QED) is 0.779. The van der Waals surface area contributed by atoms with E-state index in [2.05, 4.69) is 15.5 Å². The Morgan fingerprint density at radius 1 is 1.05 bits per heavy atom. The summed E-state index contributed by atoms with van der Waals surface area (Å²) in [5.74, 6) is 1.56. The zero-order valence-electron chi connectivity index (χ0n) is 11.1. The third-order valence-electron chi connectivity index (χ3n) is 4.90. The Balaban J connectivity index is 1.79. The number of H-pyrrole nitrogens is 2. The van der Waals surface area contributed by atoms with Crippen LogP contribution in [0, 0.1) is 11.8 Å². The van der Waals surface area contributed by atoms with Crippen LogP contribution in [0.1, 0.15) is 25.7 Å². The Labute approximate surface area is 115 Å². The smallest absolute Gasteiger partial charge is 0.272 e. The van der Waals surface area contributed by atoms with Gasteiger partial charge in [-0.25, -0.2) is 0 Å². The molecule has 5 nitrogen and oxygen atoms in total. The van der Waals surface area contributed by atoms with Crippen LogP contribution in [0.3, 0.4) is 0 Å². The lowest BCUT2D eigenvalue weighted by molar-refractivity contribution is 0.440. The van der Waals surface area contributed by atoms with Crippen LogP contribution < -0.4 is 16.4 Å². The van der Waals surface area contributed by atoms with E-state index in [4.69, 9.17) is 0 Å². The van der Waals surface area contributed by atoms with Gasteiger partial charge in [0.05, 0.1) is 10.8 Å². The number of benzene rings is 1. The van der Waals surface area contributed by atoms with Gasteiger partial charge in [0.2, 0.25) is 0 Å². The van der Waals surface area contributed by atoms with E-state index >= 15 is 0 Å². The molecule has 0 aliphatic heterocycles. The van der Waals surface area contributed by atoms with Crippen molar-refractivity contribution in [1.82, 2.24) is 10.2 Å². The highest BCUT2D eigenvalue weighted by molar-refractivity contribution is 5.92. The zero-order chi connectivity index (χ0) is 13.7. The summed E-state index contributed by atoms with van der Waals surface area (Å²) >= 11 is 0. The first-order valence-corrected chi connectivity index (χ1v) is 7.22. The van der Waals surface area contributed by atoms with E-state index in [1.807, 2.05) is 12.1 Å². The van der Waals surface area contributed by atoms with Crippen molar-refractivity contribution in [3.8, 4) is 0 Å². The first-order valence-electron chi connectivity index (χ1n) is 7.22. The van der Waals surface area contributed by atoms with Crippen molar-refractivity contribution >= 4 is 16.5 Å². The monoisotopic (exact) mass is 271 g/mol. The van der Waals surface area contributed by atoms with Gasteiger partial charge in [0, 0.05) is 11.7 Å². The summed E-state index contributed by atoms with van der Waals surface area (Å²) in [6, 6.07) is 5.85. The summed E-state index contributed by atoms with van der Waals surface area (Å²) in [4.78, 5) is 23.8. The van der Waals surface area contributed by atoms with E-state index in [0.29, 0.717) is 16.8 Å². The summed E-state index contributed by atoms with van der Waals surface area (Å²) < 4.78 is 0. The topological polar surface area (TPSA) is 77.8 Å². The molecule has 3 N–H and O–H groups in total. The predicted octanol–water partition coefficient (Wildman–Crippen LogP) is 1.82. The number of fused-ring (bicyclic) bond motifs is 3. The fraction of sp³-hybridized carbons (Fsp3) is 0.467. The summed E-state index contributed by atoms with van der Waals surface area (Å²) in [6.07, 6.45) is 5.12. The number of rotatable bonds is 2. The molecule has 1 heterocycles. The average Bonchev–Trinajstić information content (AvgIpc) is 3.05. The summed E-state index contributed by atoms with van der Waals surface area (Å²) in [6.45, 7) is 0. The predicted molar refractivity (Wildman–Crippen MR) is 78.0 cm³/mol. The maximum absolute atomic E-state index is 12.0. The lowest BCUT2D eigenvalue weighted by Gasteiger charge is -2.24. The van der Waals surface area contributed by atoms with Gasteiger partial charge in [0.15, 0.2) is 0 Å². The van der Waals surface area contributed by atoms with E-state index in [1.54, 1.807) is 6.07 Å². The molecule has 0 saturated heterocycles. The van der Waals surface area contributed by atoms with Crippen LogP contribution in [-0.4, -0.2) is 16.2 Å². The molecule has 4 rings (SSSR count). The van der Waals surface area contributed by atoms with Crippen LogP contribution in [0.4, 0.5) is 5.69 Å². The Morgan fingerprint density at radius 3 is 2.65 bits per heavy atom. The molecule has 0 radical (unpaired) electrons. The van der Waals surface area contributed by atoms with Crippen LogP contribution in [0.25, 0.3) is 10.8 Å². The van der Waals surface area contributed by atoms with Gasteiger partial charge < -0.3 is 5.32 Å². The third kappa shape index (κ3) is 1.69. The molecule has 1 aromatic carbocycles. The SMILES string of the molecule is O=c1[nH][nH]c(=O)c2c(NC3CC4CCC3C4)cccc12. The maximum Gasteiger partial charge on any atom is 0.272 e. The van der Waals surface area contributed by atoms with Crippen LogP contribution in [0.5, 0.6) is 0 Å². The second-order valence-electron chi connectivity index (χ2n) is 6.06. The molecule has 1 aromatic heterocycles. The molecule has 3 unspecified atom stereocenters. The molecule has 2 aliphatic rings. The minimum absolute atomic E-state index is 0.245. The fourth-order valence-electron chi connectivity index (χ4n) is 3.97. The van der Waals surface area contributed by atoms with E-state index in [1.165, 1.54) is 25.7 Å². The van der Waals surface area contributed by atoms with Crippen molar-refractivity contribution in [1.29, 1.82) is 0 Å². The molecule has 2 fully saturated rings. The zero-order valence-corrected chi connectivity index (χ0v) is 11.1. The molecule has 0 amide bonds. The number of hydrogen-bond donors (Lipinski definition) is 3. The standard InChI is InChI=1S/C15H17N3O2/c19-14-10-2-1-3-11(13(10)15(20)18-17-14)16-12-7-8-4-5-9(12)6-8/h1-3,8-9,12,16H,4-7H2,(H,17,19)(H,18,20). The first-order chi connectivity index (χ1) is 9.72. The van der Waals surface area contributed by atoms with Crippen LogP contribution in [0.15, 0.2) is 27.8 Å². The highest BCUT2D eigenvalue weighted by Crippen LogP contribution is 2.45. The van der Waals surface area contributed by atoms with E-state index in [9.17, 15) is 9.59 Å². The molecular formula is C15H17N3O2. The number of hydrogen-bond acceptors (Lipinski definition) is 3.